The first kappa shape index (κ1) is 18.4. The quantitative estimate of drug-likeness (QED) is 0.825. The van der Waals surface area contributed by atoms with Gasteiger partial charge in [-0.3, -0.25) is 4.79 Å². The molecule has 25 heavy (non-hydrogen) atoms. The van der Waals surface area contributed by atoms with Crippen LogP contribution in [0.1, 0.15) is 44.1 Å². The summed E-state index contributed by atoms with van der Waals surface area (Å²) in [5.74, 6) is -0.885. The van der Waals surface area contributed by atoms with Gasteiger partial charge in [0.15, 0.2) is 5.82 Å². The number of aromatic nitrogens is 2. The first-order chi connectivity index (χ1) is 11.7. The maximum atomic E-state index is 12.1. The van der Waals surface area contributed by atoms with Crippen molar-refractivity contribution in [1.82, 2.24) is 15.5 Å². The van der Waals surface area contributed by atoms with Gasteiger partial charge >= 0.3 is 12.1 Å². The lowest BCUT2D eigenvalue weighted by Gasteiger charge is -2.22. The minimum Gasteiger partial charge on any atom is -0.481 e. The smallest absolute Gasteiger partial charge is 0.408 e. The zero-order valence-corrected chi connectivity index (χ0v) is 14.4. The number of carbonyl (C=O) groups excluding carboxylic acids is 1. The lowest BCUT2D eigenvalue weighted by molar-refractivity contribution is -0.136. The molecule has 1 heterocycles. The number of amides is 1. The molecular weight excluding hydrogens is 326 g/mol. The van der Waals surface area contributed by atoms with E-state index in [-0.39, 0.29) is 18.1 Å². The third kappa shape index (κ3) is 6.25. The molecule has 1 amide bonds. The van der Waals surface area contributed by atoms with Crippen LogP contribution in [0.5, 0.6) is 0 Å². The van der Waals surface area contributed by atoms with Crippen molar-refractivity contribution >= 4 is 12.1 Å². The second-order valence-electron chi connectivity index (χ2n) is 6.51. The number of carbonyl (C=O) groups is 2. The highest BCUT2D eigenvalue weighted by Gasteiger charge is 2.25. The van der Waals surface area contributed by atoms with Crippen LogP contribution in [0.2, 0.25) is 0 Å². The van der Waals surface area contributed by atoms with E-state index in [0.717, 1.165) is 5.56 Å². The average Bonchev–Trinajstić information content (AvgIpc) is 2.93. The molecular formula is C17H21N3O5. The van der Waals surface area contributed by atoms with Crippen molar-refractivity contribution in [2.75, 3.05) is 0 Å². The standard InChI is InChI=1S/C17H21N3O5/c1-17(2,3)24-16(23)18-12(9-11-7-5-4-6-8-11)15-19-13(20-25-15)10-14(21)22/h4-8,12H,9-10H2,1-3H3,(H,18,23)(H,21,22)/t12-/m0/s1. The number of carboxylic acids is 1. The van der Waals surface area contributed by atoms with Gasteiger partial charge < -0.3 is 19.7 Å². The number of hydrogen-bond acceptors (Lipinski definition) is 6. The molecule has 1 atom stereocenters. The Kier molecular flexibility index (Phi) is 5.74. The molecule has 0 aliphatic carbocycles. The fourth-order valence-corrected chi connectivity index (χ4v) is 2.12. The van der Waals surface area contributed by atoms with Crippen molar-refractivity contribution in [1.29, 1.82) is 0 Å². The van der Waals surface area contributed by atoms with Crippen LogP contribution in [0.25, 0.3) is 0 Å². The Hall–Kier alpha value is -2.90. The molecule has 8 heteroatoms. The van der Waals surface area contributed by atoms with Gasteiger partial charge in [0.2, 0.25) is 5.89 Å². The van der Waals surface area contributed by atoms with Crippen LogP contribution < -0.4 is 5.32 Å². The van der Waals surface area contributed by atoms with Gasteiger partial charge in [-0.05, 0) is 26.3 Å². The van der Waals surface area contributed by atoms with Crippen LogP contribution in [-0.4, -0.2) is 32.9 Å². The minimum absolute atomic E-state index is 0.0477. The van der Waals surface area contributed by atoms with Crippen molar-refractivity contribution in [2.45, 2.75) is 45.3 Å². The fourth-order valence-electron chi connectivity index (χ4n) is 2.12. The molecule has 1 aromatic heterocycles. The Labute approximate surface area is 145 Å². The van der Waals surface area contributed by atoms with Crippen LogP contribution in [-0.2, 0) is 22.4 Å². The summed E-state index contributed by atoms with van der Waals surface area (Å²) < 4.78 is 10.4. The molecule has 2 rings (SSSR count). The Morgan fingerprint density at radius 3 is 2.56 bits per heavy atom. The zero-order chi connectivity index (χ0) is 18.4. The molecule has 0 radical (unpaired) electrons. The van der Waals surface area contributed by atoms with Gasteiger partial charge in [-0.2, -0.15) is 4.98 Å². The summed E-state index contributed by atoms with van der Waals surface area (Å²) in [5, 5.41) is 15.2. The number of hydrogen-bond donors (Lipinski definition) is 2. The van der Waals surface area contributed by atoms with Crippen LogP contribution in [0.3, 0.4) is 0 Å². The second kappa shape index (κ2) is 7.78. The van der Waals surface area contributed by atoms with Crippen molar-refractivity contribution < 1.29 is 24.0 Å². The van der Waals surface area contributed by atoms with E-state index in [1.54, 1.807) is 20.8 Å². The summed E-state index contributed by atoms with van der Waals surface area (Å²) >= 11 is 0. The van der Waals surface area contributed by atoms with Gasteiger partial charge in [0, 0.05) is 6.42 Å². The van der Waals surface area contributed by atoms with E-state index in [0.29, 0.717) is 6.42 Å². The lowest BCUT2D eigenvalue weighted by Crippen LogP contribution is -2.36. The molecule has 0 saturated heterocycles. The number of rotatable bonds is 6. The second-order valence-corrected chi connectivity index (χ2v) is 6.51. The number of ether oxygens (including phenoxy) is 1. The van der Waals surface area contributed by atoms with Crippen LogP contribution in [0.15, 0.2) is 34.9 Å². The molecule has 0 aliphatic rings. The molecule has 0 unspecified atom stereocenters. The normalized spacial score (nSPS) is 12.4. The van der Waals surface area contributed by atoms with Gasteiger partial charge in [-0.15, -0.1) is 0 Å². The number of nitrogens with one attached hydrogen (secondary N) is 1. The number of nitrogens with zero attached hydrogens (tertiary/aromatic N) is 2. The van der Waals surface area contributed by atoms with Crippen molar-refractivity contribution in [3.05, 3.63) is 47.6 Å². The SMILES string of the molecule is CC(C)(C)OC(=O)N[C@@H](Cc1ccccc1)c1nc(CC(=O)O)no1. The summed E-state index contributed by atoms with van der Waals surface area (Å²) in [4.78, 5) is 26.9. The highest BCUT2D eigenvalue weighted by molar-refractivity contribution is 5.69. The van der Waals surface area contributed by atoms with Crippen molar-refractivity contribution in [3.8, 4) is 0 Å². The van der Waals surface area contributed by atoms with E-state index in [1.165, 1.54) is 0 Å². The molecule has 1 aromatic carbocycles. The number of alkyl carbamates (subject to hydrolysis) is 1. The fraction of sp³-hybridized carbons (Fsp3) is 0.412. The van der Waals surface area contributed by atoms with E-state index in [9.17, 15) is 9.59 Å². The van der Waals surface area contributed by atoms with Gasteiger partial charge in [-0.1, -0.05) is 35.5 Å². The summed E-state index contributed by atoms with van der Waals surface area (Å²) in [5.41, 5.74) is 0.298. The van der Waals surface area contributed by atoms with Crippen molar-refractivity contribution in [2.24, 2.45) is 0 Å². The topological polar surface area (TPSA) is 115 Å². The molecule has 2 aromatic rings. The summed E-state index contributed by atoms with van der Waals surface area (Å²) in [6.07, 6.45) is -0.575. The predicted octanol–water partition coefficient (Wildman–Crippen LogP) is 2.51. The third-order valence-corrected chi connectivity index (χ3v) is 3.06. The Balaban J connectivity index is 2.17. The summed E-state index contributed by atoms with van der Waals surface area (Å²) in [6, 6.07) is 8.81. The van der Waals surface area contributed by atoms with Crippen LogP contribution in [0, 0.1) is 0 Å². The summed E-state index contributed by atoms with van der Waals surface area (Å²) in [6.45, 7) is 5.28. The molecule has 0 saturated carbocycles. The first-order valence-electron chi connectivity index (χ1n) is 7.80. The van der Waals surface area contributed by atoms with E-state index in [2.05, 4.69) is 15.5 Å². The van der Waals surface area contributed by atoms with E-state index in [4.69, 9.17) is 14.4 Å². The maximum Gasteiger partial charge on any atom is 0.408 e. The van der Waals surface area contributed by atoms with Crippen LogP contribution >= 0.6 is 0 Å². The molecule has 134 valence electrons. The highest BCUT2D eigenvalue weighted by atomic mass is 16.6. The van der Waals surface area contributed by atoms with Gasteiger partial charge in [0.1, 0.15) is 18.1 Å². The molecule has 0 fully saturated rings. The molecule has 0 spiro atoms. The maximum absolute atomic E-state index is 12.1. The number of benzene rings is 1. The Bertz CT molecular complexity index is 721. The van der Waals surface area contributed by atoms with E-state index in [1.807, 2.05) is 30.3 Å². The van der Waals surface area contributed by atoms with Gasteiger partial charge in [0.25, 0.3) is 0 Å². The lowest BCUT2D eigenvalue weighted by atomic mass is 10.1. The minimum atomic E-state index is -1.06. The van der Waals surface area contributed by atoms with Crippen LogP contribution in [0.4, 0.5) is 4.79 Å². The van der Waals surface area contributed by atoms with Crippen molar-refractivity contribution in [3.63, 3.8) is 0 Å². The monoisotopic (exact) mass is 347 g/mol. The molecule has 8 nitrogen and oxygen atoms in total. The Morgan fingerprint density at radius 2 is 1.96 bits per heavy atom. The third-order valence-electron chi connectivity index (χ3n) is 3.06. The van der Waals surface area contributed by atoms with Gasteiger partial charge in [0.05, 0.1) is 0 Å². The summed E-state index contributed by atoms with van der Waals surface area (Å²) in [7, 11) is 0. The predicted molar refractivity (Wildman–Crippen MR) is 87.9 cm³/mol. The molecule has 2 N–H and O–H groups in total. The average molecular weight is 347 g/mol. The van der Waals surface area contributed by atoms with E-state index >= 15 is 0 Å². The highest BCUT2D eigenvalue weighted by Crippen LogP contribution is 2.18. The van der Waals surface area contributed by atoms with Gasteiger partial charge in [-0.25, -0.2) is 4.79 Å². The zero-order valence-electron chi connectivity index (χ0n) is 14.4. The van der Waals surface area contributed by atoms with E-state index < -0.39 is 23.7 Å². The Morgan fingerprint density at radius 1 is 1.28 bits per heavy atom. The number of carboxylic acid groups (broad SMARTS) is 1. The molecule has 0 bridgehead atoms. The first-order valence-corrected chi connectivity index (χ1v) is 7.80. The molecule has 0 aliphatic heterocycles. The largest absolute Gasteiger partial charge is 0.481 e. The number of aliphatic carboxylic acids is 1.